The van der Waals surface area contributed by atoms with E-state index in [1.54, 1.807) is 6.20 Å². The van der Waals surface area contributed by atoms with Crippen LogP contribution in [0.2, 0.25) is 5.15 Å². The number of hydrogen-bond acceptors (Lipinski definition) is 3. The van der Waals surface area contributed by atoms with Gasteiger partial charge in [-0.25, -0.2) is 4.98 Å². The highest BCUT2D eigenvalue weighted by atomic mass is 35.5. The highest BCUT2D eigenvalue weighted by Crippen LogP contribution is 2.21. The lowest BCUT2D eigenvalue weighted by molar-refractivity contribution is 0.000105. The second kappa shape index (κ2) is 5.17. The van der Waals surface area contributed by atoms with Crippen LogP contribution in [0.5, 0.6) is 0 Å². The number of ether oxygens (including phenoxy) is 1. The van der Waals surface area contributed by atoms with Crippen LogP contribution in [0, 0.1) is 0 Å². The number of halogens is 1. The van der Waals surface area contributed by atoms with E-state index in [1.807, 2.05) is 11.6 Å². The second-order valence-electron chi connectivity index (χ2n) is 4.35. The Morgan fingerprint density at radius 3 is 2.94 bits per heavy atom. The quantitative estimate of drug-likeness (QED) is 0.882. The summed E-state index contributed by atoms with van der Waals surface area (Å²) in [7, 11) is 1.88. The summed E-state index contributed by atoms with van der Waals surface area (Å²) in [4.78, 5) is 4.19. The average molecular weight is 244 g/mol. The Balaban J connectivity index is 1.89. The van der Waals surface area contributed by atoms with E-state index in [9.17, 15) is 0 Å². The summed E-state index contributed by atoms with van der Waals surface area (Å²) in [6.07, 6.45) is 6.35. The van der Waals surface area contributed by atoms with Gasteiger partial charge in [-0.2, -0.15) is 0 Å². The van der Waals surface area contributed by atoms with Crippen molar-refractivity contribution in [2.24, 2.45) is 12.8 Å². The van der Waals surface area contributed by atoms with Crippen LogP contribution in [-0.4, -0.2) is 21.7 Å². The summed E-state index contributed by atoms with van der Waals surface area (Å²) in [6.45, 7) is 0.488. The van der Waals surface area contributed by atoms with Gasteiger partial charge in [0.05, 0.1) is 12.3 Å². The zero-order chi connectivity index (χ0) is 11.5. The molecule has 1 aromatic heterocycles. The topological polar surface area (TPSA) is 53.1 Å². The fraction of sp³-hybridized carbons (Fsp3) is 0.727. The van der Waals surface area contributed by atoms with Crippen molar-refractivity contribution < 1.29 is 4.74 Å². The molecule has 2 N–H and O–H groups in total. The molecule has 0 radical (unpaired) electrons. The van der Waals surface area contributed by atoms with Crippen LogP contribution in [0.1, 0.15) is 31.5 Å². The van der Waals surface area contributed by atoms with Crippen LogP contribution in [0.25, 0.3) is 0 Å². The molecule has 0 bridgehead atoms. The number of hydrogen-bond donors (Lipinski definition) is 1. The fourth-order valence-corrected chi connectivity index (χ4v) is 2.22. The van der Waals surface area contributed by atoms with E-state index < -0.39 is 0 Å². The maximum absolute atomic E-state index is 6.01. The van der Waals surface area contributed by atoms with Crippen molar-refractivity contribution in [3.8, 4) is 0 Å². The second-order valence-corrected chi connectivity index (χ2v) is 4.74. The summed E-state index contributed by atoms with van der Waals surface area (Å²) < 4.78 is 7.64. The Labute approximate surface area is 101 Å². The summed E-state index contributed by atoms with van der Waals surface area (Å²) in [5.41, 5.74) is 6.01. The van der Waals surface area contributed by atoms with Crippen LogP contribution in [0.3, 0.4) is 0 Å². The summed E-state index contributed by atoms with van der Waals surface area (Å²) in [5.74, 6) is 0.850. The zero-order valence-electron chi connectivity index (χ0n) is 9.53. The van der Waals surface area contributed by atoms with Gasteiger partial charge in [0.2, 0.25) is 0 Å². The highest BCUT2D eigenvalue weighted by molar-refractivity contribution is 6.29. The molecule has 90 valence electrons. The molecule has 1 heterocycles. The molecule has 1 aliphatic rings. The lowest BCUT2D eigenvalue weighted by atomic mass is 9.93. The molecule has 4 nitrogen and oxygen atoms in total. The summed E-state index contributed by atoms with van der Waals surface area (Å²) >= 11 is 5.90. The van der Waals surface area contributed by atoms with Gasteiger partial charge in [0.15, 0.2) is 0 Å². The minimum absolute atomic E-state index is 0.171. The van der Waals surface area contributed by atoms with Gasteiger partial charge >= 0.3 is 0 Å². The Kier molecular flexibility index (Phi) is 3.84. The Morgan fingerprint density at radius 1 is 1.56 bits per heavy atom. The minimum atomic E-state index is 0.171. The third-order valence-electron chi connectivity index (χ3n) is 3.21. The van der Waals surface area contributed by atoms with Crippen LogP contribution in [-0.2, 0) is 18.4 Å². The first-order valence-corrected chi connectivity index (χ1v) is 6.09. The van der Waals surface area contributed by atoms with Crippen LogP contribution < -0.4 is 5.73 Å². The molecule has 1 saturated carbocycles. The van der Waals surface area contributed by atoms with E-state index in [0.29, 0.717) is 11.8 Å². The zero-order valence-corrected chi connectivity index (χ0v) is 10.3. The Hall–Kier alpha value is -0.580. The van der Waals surface area contributed by atoms with Crippen LogP contribution >= 0.6 is 11.6 Å². The summed E-state index contributed by atoms with van der Waals surface area (Å²) in [6, 6.07) is 0.171. The van der Waals surface area contributed by atoms with Gasteiger partial charge in [-0.3, -0.25) is 0 Å². The van der Waals surface area contributed by atoms with Crippen molar-refractivity contribution in [1.29, 1.82) is 0 Å². The van der Waals surface area contributed by atoms with Crippen molar-refractivity contribution in [1.82, 2.24) is 9.55 Å². The van der Waals surface area contributed by atoms with Crippen molar-refractivity contribution in [3.63, 3.8) is 0 Å². The van der Waals surface area contributed by atoms with E-state index >= 15 is 0 Å². The fourth-order valence-electron chi connectivity index (χ4n) is 2.07. The largest absolute Gasteiger partial charge is 0.369 e. The van der Waals surface area contributed by atoms with Gasteiger partial charge in [0, 0.05) is 13.1 Å². The van der Waals surface area contributed by atoms with Gasteiger partial charge in [-0.15, -0.1) is 0 Å². The summed E-state index contributed by atoms with van der Waals surface area (Å²) in [5, 5.41) is 0.631. The monoisotopic (exact) mass is 243 g/mol. The van der Waals surface area contributed by atoms with Gasteiger partial charge in [-0.1, -0.05) is 24.4 Å². The van der Waals surface area contributed by atoms with Crippen molar-refractivity contribution in [2.45, 2.75) is 44.4 Å². The number of nitrogens with zero attached hydrogens (tertiary/aromatic N) is 2. The third kappa shape index (κ3) is 2.56. The molecule has 0 amide bonds. The molecule has 2 unspecified atom stereocenters. The van der Waals surface area contributed by atoms with E-state index in [-0.39, 0.29) is 12.1 Å². The molecule has 2 rings (SSSR count). The molecule has 5 heteroatoms. The van der Waals surface area contributed by atoms with Gasteiger partial charge < -0.3 is 15.0 Å². The van der Waals surface area contributed by atoms with Gasteiger partial charge in [0.25, 0.3) is 0 Å². The predicted molar refractivity (Wildman–Crippen MR) is 63.2 cm³/mol. The molecule has 2 atom stereocenters. The smallest absolute Gasteiger partial charge is 0.135 e. The molecule has 1 aliphatic carbocycles. The molecule has 0 saturated heterocycles. The molecular weight excluding hydrogens is 226 g/mol. The van der Waals surface area contributed by atoms with E-state index in [2.05, 4.69) is 4.98 Å². The lowest BCUT2D eigenvalue weighted by Gasteiger charge is -2.28. The number of imidazole rings is 1. The first-order chi connectivity index (χ1) is 7.68. The predicted octanol–water partition coefficient (Wildman–Crippen LogP) is 1.86. The first kappa shape index (κ1) is 11.9. The maximum atomic E-state index is 6.01. The number of rotatable bonds is 3. The van der Waals surface area contributed by atoms with Gasteiger partial charge in [-0.05, 0) is 12.8 Å². The first-order valence-electron chi connectivity index (χ1n) is 5.71. The number of aromatic nitrogens is 2. The maximum Gasteiger partial charge on any atom is 0.135 e. The molecular formula is C11H18ClN3O. The average Bonchev–Trinajstić information content (AvgIpc) is 2.59. The molecule has 1 fully saturated rings. The lowest BCUT2D eigenvalue weighted by Crippen LogP contribution is -2.39. The normalized spacial score (nSPS) is 25.9. The molecule has 0 aliphatic heterocycles. The molecule has 0 aromatic carbocycles. The molecule has 16 heavy (non-hydrogen) atoms. The van der Waals surface area contributed by atoms with E-state index in [4.69, 9.17) is 22.1 Å². The van der Waals surface area contributed by atoms with Crippen LogP contribution in [0.4, 0.5) is 0 Å². The van der Waals surface area contributed by atoms with E-state index in [0.717, 1.165) is 18.7 Å². The highest BCUT2D eigenvalue weighted by Gasteiger charge is 2.22. The third-order valence-corrected chi connectivity index (χ3v) is 3.56. The van der Waals surface area contributed by atoms with Crippen molar-refractivity contribution in [2.75, 3.05) is 0 Å². The van der Waals surface area contributed by atoms with Crippen molar-refractivity contribution in [3.05, 3.63) is 17.2 Å². The molecule has 0 spiro atoms. The van der Waals surface area contributed by atoms with Crippen molar-refractivity contribution >= 4 is 11.6 Å². The SMILES string of the molecule is Cn1c(Cl)cnc1COC1CCCCC1N. The Morgan fingerprint density at radius 2 is 2.31 bits per heavy atom. The Bertz CT molecular complexity index is 353. The molecule has 1 aromatic rings. The minimum Gasteiger partial charge on any atom is -0.369 e. The standard InChI is InChI=1S/C11H18ClN3O/c1-15-10(12)6-14-11(15)7-16-9-5-3-2-4-8(9)13/h6,8-9H,2-5,7,13H2,1H3. The van der Waals surface area contributed by atoms with Gasteiger partial charge in [0.1, 0.15) is 17.6 Å². The number of nitrogens with two attached hydrogens (primary N) is 1. The van der Waals surface area contributed by atoms with Crippen LogP contribution in [0.15, 0.2) is 6.20 Å². The van der Waals surface area contributed by atoms with E-state index in [1.165, 1.54) is 12.8 Å².